The van der Waals surface area contributed by atoms with Crippen LogP contribution in [0.15, 0.2) is 17.6 Å². The quantitative estimate of drug-likeness (QED) is 0.217. The van der Waals surface area contributed by atoms with Crippen molar-refractivity contribution in [1.29, 1.82) is 0 Å². The highest BCUT2D eigenvalue weighted by atomic mass is 127. The summed E-state index contributed by atoms with van der Waals surface area (Å²) >= 11 is 0. The summed E-state index contributed by atoms with van der Waals surface area (Å²) in [4.78, 5) is 6.96. The Morgan fingerprint density at radius 3 is 2.82 bits per heavy atom. The Hall–Kier alpha value is -0.300. The Balaban J connectivity index is 0.00000441. The highest BCUT2D eigenvalue weighted by Crippen LogP contribution is 2.36. The highest BCUT2D eigenvalue weighted by molar-refractivity contribution is 14.0. The first kappa shape index (κ1) is 21.7. The van der Waals surface area contributed by atoms with E-state index in [1.54, 1.807) is 0 Å². The molecule has 0 bridgehead atoms. The lowest BCUT2D eigenvalue weighted by molar-refractivity contribution is 0.00706. The Bertz CT molecular complexity index is 349. The maximum Gasteiger partial charge on any atom is 0.193 e. The third kappa shape index (κ3) is 6.86. The number of allylic oxidation sites excluding steroid dienone is 1. The normalized spacial score (nSPS) is 25.3. The van der Waals surface area contributed by atoms with Gasteiger partial charge in [0.25, 0.3) is 0 Å². The first-order chi connectivity index (χ1) is 10.0. The Labute approximate surface area is 153 Å². The summed E-state index contributed by atoms with van der Waals surface area (Å²) in [5.74, 6) is 0.945. The minimum Gasteiger partial charge on any atom is -0.392 e. The second kappa shape index (κ2) is 11.3. The number of aliphatic hydroxyl groups is 1. The van der Waals surface area contributed by atoms with Gasteiger partial charge in [0.05, 0.1) is 12.6 Å². The Morgan fingerprint density at radius 1 is 1.50 bits per heavy atom. The van der Waals surface area contributed by atoms with Crippen LogP contribution in [0, 0.1) is 5.41 Å². The topological polar surface area (TPSA) is 47.9 Å². The molecule has 5 heteroatoms. The van der Waals surface area contributed by atoms with E-state index in [1.165, 1.54) is 6.42 Å². The van der Waals surface area contributed by atoms with Crippen LogP contribution < -0.4 is 5.32 Å². The first-order valence-corrected chi connectivity index (χ1v) is 8.32. The van der Waals surface area contributed by atoms with E-state index in [-0.39, 0.29) is 35.5 Å². The molecule has 0 aromatic rings. The van der Waals surface area contributed by atoms with Gasteiger partial charge in [-0.15, -0.1) is 30.6 Å². The second-order valence-corrected chi connectivity index (χ2v) is 6.44. The van der Waals surface area contributed by atoms with Gasteiger partial charge in [-0.05, 0) is 32.6 Å². The Kier molecular flexibility index (Phi) is 11.1. The fraction of sp³-hybridized carbons (Fsp3) is 0.824. The summed E-state index contributed by atoms with van der Waals surface area (Å²) in [6, 6.07) is 0. The highest BCUT2D eigenvalue weighted by Gasteiger charge is 2.35. The van der Waals surface area contributed by atoms with Gasteiger partial charge in [-0.3, -0.25) is 4.99 Å². The molecule has 0 radical (unpaired) electrons. The number of nitrogens with zero attached hydrogens (tertiary/aromatic N) is 2. The van der Waals surface area contributed by atoms with Gasteiger partial charge in [-0.25, -0.2) is 0 Å². The number of hydrogen-bond donors (Lipinski definition) is 2. The molecule has 0 aliphatic heterocycles. The first-order valence-electron chi connectivity index (χ1n) is 8.32. The number of halogens is 1. The van der Waals surface area contributed by atoms with Gasteiger partial charge in [0, 0.05) is 25.6 Å². The predicted octanol–water partition coefficient (Wildman–Crippen LogP) is 3.41. The number of unbranched alkanes of at least 4 members (excludes halogenated alkanes) is 1. The molecule has 22 heavy (non-hydrogen) atoms. The predicted molar refractivity (Wildman–Crippen MR) is 106 cm³/mol. The van der Waals surface area contributed by atoms with Gasteiger partial charge in [0.1, 0.15) is 0 Å². The largest absolute Gasteiger partial charge is 0.392 e. The monoisotopic (exact) mass is 423 g/mol. The molecule has 2 N–H and O–H groups in total. The molecule has 0 aromatic carbocycles. The van der Waals surface area contributed by atoms with Gasteiger partial charge in [0.2, 0.25) is 0 Å². The number of nitrogens with one attached hydrogen (secondary N) is 1. The maximum absolute atomic E-state index is 10.3. The lowest BCUT2D eigenvalue weighted by Crippen LogP contribution is -2.42. The summed E-state index contributed by atoms with van der Waals surface area (Å²) < 4.78 is 0. The summed E-state index contributed by atoms with van der Waals surface area (Å²) in [5.41, 5.74) is -0.0686. The van der Waals surface area contributed by atoms with Gasteiger partial charge < -0.3 is 15.3 Å². The molecule has 0 heterocycles. The van der Waals surface area contributed by atoms with Gasteiger partial charge in [-0.1, -0.05) is 25.8 Å². The minimum absolute atomic E-state index is 0. The molecular formula is C17H34IN3O. The lowest BCUT2D eigenvalue weighted by Gasteiger charge is -2.37. The molecule has 2 atom stereocenters. The molecule has 1 aliphatic rings. The zero-order chi connectivity index (χ0) is 15.7. The molecule has 1 fully saturated rings. The van der Waals surface area contributed by atoms with Crippen LogP contribution in [0.3, 0.4) is 0 Å². The molecule has 4 nitrogen and oxygen atoms in total. The third-order valence-electron chi connectivity index (χ3n) is 4.47. The van der Waals surface area contributed by atoms with Crippen LogP contribution in [0.4, 0.5) is 0 Å². The lowest BCUT2D eigenvalue weighted by atomic mass is 9.73. The number of aliphatic hydroxyl groups excluding tert-OH is 1. The molecule has 1 aliphatic carbocycles. The smallest absolute Gasteiger partial charge is 0.193 e. The van der Waals surface area contributed by atoms with Crippen molar-refractivity contribution in [2.45, 2.75) is 58.5 Å². The standard InChI is InChI=1S/C17H33N3O.HI/c1-5-7-10-13-20(4)16(18-6-2)19-14-17(3)12-9-8-11-15(17)21;/h5,15,21H,1,6-14H2,2-4H3,(H,18,19);1H. The fourth-order valence-electron chi connectivity index (χ4n) is 2.87. The van der Waals surface area contributed by atoms with Crippen molar-refractivity contribution >= 4 is 29.9 Å². The van der Waals surface area contributed by atoms with Crippen molar-refractivity contribution < 1.29 is 5.11 Å². The molecule has 1 rings (SSSR count). The van der Waals surface area contributed by atoms with E-state index in [4.69, 9.17) is 4.99 Å². The molecule has 1 saturated carbocycles. The van der Waals surface area contributed by atoms with E-state index in [2.05, 4.69) is 37.7 Å². The van der Waals surface area contributed by atoms with E-state index in [1.807, 2.05) is 6.08 Å². The molecule has 0 saturated heterocycles. The van der Waals surface area contributed by atoms with Crippen molar-refractivity contribution in [1.82, 2.24) is 10.2 Å². The molecule has 0 aromatic heterocycles. The van der Waals surface area contributed by atoms with Crippen molar-refractivity contribution in [3.63, 3.8) is 0 Å². The number of guanidine groups is 1. The van der Waals surface area contributed by atoms with E-state index in [0.717, 1.165) is 51.2 Å². The van der Waals surface area contributed by atoms with E-state index in [0.29, 0.717) is 6.54 Å². The number of aliphatic imine (C=N–C) groups is 1. The van der Waals surface area contributed by atoms with Crippen LogP contribution in [0.5, 0.6) is 0 Å². The molecule has 0 amide bonds. The van der Waals surface area contributed by atoms with Crippen LogP contribution in [-0.2, 0) is 0 Å². The summed E-state index contributed by atoms with van der Waals surface area (Å²) in [7, 11) is 2.07. The SMILES string of the molecule is C=CCCCN(C)C(=NCC1(C)CCCCC1O)NCC.I. The molecule has 2 unspecified atom stereocenters. The van der Waals surface area contributed by atoms with Crippen molar-refractivity contribution in [2.24, 2.45) is 10.4 Å². The van der Waals surface area contributed by atoms with Gasteiger partial charge in [0.15, 0.2) is 5.96 Å². The molecular weight excluding hydrogens is 389 g/mol. The zero-order valence-electron chi connectivity index (χ0n) is 14.5. The Morgan fingerprint density at radius 2 is 2.23 bits per heavy atom. The van der Waals surface area contributed by atoms with Crippen LogP contribution in [0.1, 0.15) is 52.4 Å². The van der Waals surface area contributed by atoms with Crippen LogP contribution in [-0.4, -0.2) is 48.8 Å². The number of rotatable bonds is 7. The summed E-state index contributed by atoms with van der Waals surface area (Å²) in [6.07, 6.45) is 8.18. The maximum atomic E-state index is 10.3. The minimum atomic E-state index is -0.219. The zero-order valence-corrected chi connectivity index (χ0v) is 16.8. The average Bonchev–Trinajstić information content (AvgIpc) is 2.47. The van der Waals surface area contributed by atoms with E-state index < -0.39 is 0 Å². The molecule has 0 spiro atoms. The van der Waals surface area contributed by atoms with Gasteiger partial charge >= 0.3 is 0 Å². The summed E-state index contributed by atoms with van der Waals surface area (Å²) in [5, 5.41) is 13.6. The van der Waals surface area contributed by atoms with E-state index >= 15 is 0 Å². The third-order valence-corrected chi connectivity index (χ3v) is 4.47. The fourth-order valence-corrected chi connectivity index (χ4v) is 2.87. The van der Waals surface area contributed by atoms with Crippen LogP contribution in [0.25, 0.3) is 0 Å². The average molecular weight is 423 g/mol. The van der Waals surface area contributed by atoms with Crippen LogP contribution in [0.2, 0.25) is 0 Å². The molecule has 130 valence electrons. The second-order valence-electron chi connectivity index (χ2n) is 6.44. The van der Waals surface area contributed by atoms with E-state index in [9.17, 15) is 5.11 Å². The van der Waals surface area contributed by atoms with Crippen LogP contribution >= 0.6 is 24.0 Å². The number of hydrogen-bond acceptors (Lipinski definition) is 2. The van der Waals surface area contributed by atoms with Crippen molar-refractivity contribution in [2.75, 3.05) is 26.7 Å². The van der Waals surface area contributed by atoms with Gasteiger partial charge in [-0.2, -0.15) is 0 Å². The summed E-state index contributed by atoms with van der Waals surface area (Å²) in [6.45, 7) is 10.5. The van der Waals surface area contributed by atoms with Crippen molar-refractivity contribution in [3.05, 3.63) is 12.7 Å². The van der Waals surface area contributed by atoms with Crippen molar-refractivity contribution in [3.8, 4) is 0 Å².